The molecule has 3 N–H and O–H groups in total. The maximum Gasteiger partial charge on any atom is 0.338 e. The summed E-state index contributed by atoms with van der Waals surface area (Å²) in [6.07, 6.45) is 0.909. The van der Waals surface area contributed by atoms with Crippen LogP contribution in [-0.4, -0.2) is 32.3 Å². The largest absolute Gasteiger partial charge is 0.462 e. The monoisotopic (exact) mass is 294 g/mol. The number of nitrogen functional groups attached to an aromatic ring is 1. The number of ether oxygens (including phenoxy) is 2. The van der Waals surface area contributed by atoms with Crippen molar-refractivity contribution in [3.05, 3.63) is 23.8 Å². The van der Waals surface area contributed by atoms with Crippen LogP contribution >= 0.6 is 0 Å². The zero-order chi connectivity index (χ0) is 15.7. The van der Waals surface area contributed by atoms with Gasteiger partial charge < -0.3 is 20.5 Å². The summed E-state index contributed by atoms with van der Waals surface area (Å²) in [5.41, 5.74) is 7.78. The Morgan fingerprint density at radius 2 is 2.14 bits per heavy atom. The van der Waals surface area contributed by atoms with Crippen LogP contribution in [0.1, 0.15) is 37.6 Å². The summed E-state index contributed by atoms with van der Waals surface area (Å²) in [7, 11) is 0. The Bertz CT molecular complexity index is 447. The number of benzene rings is 1. The molecule has 0 aliphatic heterocycles. The molecular formula is C16H26N2O3. The first kappa shape index (κ1) is 17.3. The molecular weight excluding hydrogens is 268 g/mol. The molecule has 5 heteroatoms. The predicted molar refractivity (Wildman–Crippen MR) is 85.6 cm³/mol. The molecule has 21 heavy (non-hydrogen) atoms. The fourth-order valence-electron chi connectivity index (χ4n) is 1.78. The zero-order valence-electron chi connectivity index (χ0n) is 13.1. The lowest BCUT2D eigenvalue weighted by molar-refractivity contribution is 0.0526. The number of nitrogens with one attached hydrogen (secondary N) is 1. The Morgan fingerprint density at radius 1 is 1.38 bits per heavy atom. The standard InChI is InChI=1S/C16H26N2O3/c1-4-21-16(19)13-6-7-15(14(17)10-13)18-8-5-9-20-11-12(2)3/h6-7,10,12,18H,4-5,8-9,11,17H2,1-3H3. The van der Waals surface area contributed by atoms with Crippen molar-refractivity contribution < 1.29 is 14.3 Å². The molecule has 0 heterocycles. The van der Waals surface area contributed by atoms with E-state index in [1.165, 1.54) is 0 Å². The molecule has 0 atom stereocenters. The zero-order valence-corrected chi connectivity index (χ0v) is 13.1. The van der Waals surface area contributed by atoms with Gasteiger partial charge >= 0.3 is 5.97 Å². The lowest BCUT2D eigenvalue weighted by atomic mass is 10.1. The number of hydrogen-bond donors (Lipinski definition) is 2. The van der Waals surface area contributed by atoms with Gasteiger partial charge in [-0.15, -0.1) is 0 Å². The Morgan fingerprint density at radius 3 is 2.76 bits per heavy atom. The molecule has 0 aliphatic carbocycles. The van der Waals surface area contributed by atoms with E-state index in [0.717, 1.165) is 31.9 Å². The molecule has 0 radical (unpaired) electrons. The molecule has 0 saturated carbocycles. The number of carbonyl (C=O) groups is 1. The van der Waals surface area contributed by atoms with Gasteiger partial charge in [0, 0.05) is 19.8 Å². The van der Waals surface area contributed by atoms with Crippen molar-refractivity contribution in [2.75, 3.05) is 37.4 Å². The van der Waals surface area contributed by atoms with Gasteiger partial charge in [0.05, 0.1) is 23.5 Å². The average Bonchev–Trinajstić information content (AvgIpc) is 2.44. The highest BCUT2D eigenvalue weighted by atomic mass is 16.5. The maximum atomic E-state index is 11.6. The van der Waals surface area contributed by atoms with Crippen molar-refractivity contribution in [3.63, 3.8) is 0 Å². The van der Waals surface area contributed by atoms with E-state index in [0.29, 0.717) is 23.8 Å². The van der Waals surface area contributed by atoms with E-state index in [1.54, 1.807) is 25.1 Å². The minimum Gasteiger partial charge on any atom is -0.462 e. The van der Waals surface area contributed by atoms with Gasteiger partial charge in [-0.1, -0.05) is 13.8 Å². The van der Waals surface area contributed by atoms with Crippen LogP contribution in [0.5, 0.6) is 0 Å². The van der Waals surface area contributed by atoms with Gasteiger partial charge in [0.15, 0.2) is 0 Å². The fraction of sp³-hybridized carbons (Fsp3) is 0.562. The van der Waals surface area contributed by atoms with E-state index < -0.39 is 0 Å². The smallest absolute Gasteiger partial charge is 0.338 e. The van der Waals surface area contributed by atoms with Crippen molar-refractivity contribution in [2.24, 2.45) is 5.92 Å². The van der Waals surface area contributed by atoms with Crippen LogP contribution in [-0.2, 0) is 9.47 Å². The first-order valence-corrected chi connectivity index (χ1v) is 7.42. The first-order valence-electron chi connectivity index (χ1n) is 7.42. The molecule has 0 saturated heterocycles. The van der Waals surface area contributed by atoms with E-state index >= 15 is 0 Å². The topological polar surface area (TPSA) is 73.6 Å². The van der Waals surface area contributed by atoms with Crippen molar-refractivity contribution >= 4 is 17.3 Å². The van der Waals surface area contributed by atoms with Gasteiger partial charge in [-0.3, -0.25) is 0 Å². The lowest BCUT2D eigenvalue weighted by Gasteiger charge is -2.11. The molecule has 0 amide bonds. The summed E-state index contributed by atoms with van der Waals surface area (Å²) >= 11 is 0. The van der Waals surface area contributed by atoms with E-state index in [4.69, 9.17) is 15.2 Å². The van der Waals surface area contributed by atoms with Gasteiger partial charge in [-0.05, 0) is 37.5 Å². The Kier molecular flexibility index (Phi) is 7.61. The number of rotatable bonds is 9. The molecule has 0 aliphatic rings. The summed E-state index contributed by atoms with van der Waals surface area (Å²) in [5, 5.41) is 3.24. The van der Waals surface area contributed by atoms with Gasteiger partial charge in [0.1, 0.15) is 0 Å². The Balaban J connectivity index is 2.37. The third kappa shape index (κ3) is 6.49. The normalized spacial score (nSPS) is 10.7. The number of nitrogens with two attached hydrogens (primary N) is 1. The molecule has 1 aromatic carbocycles. The van der Waals surface area contributed by atoms with Gasteiger partial charge in [-0.2, -0.15) is 0 Å². The number of hydrogen-bond acceptors (Lipinski definition) is 5. The highest BCUT2D eigenvalue weighted by Gasteiger charge is 2.08. The SMILES string of the molecule is CCOC(=O)c1ccc(NCCCOCC(C)C)c(N)c1. The summed E-state index contributed by atoms with van der Waals surface area (Å²) in [4.78, 5) is 11.6. The van der Waals surface area contributed by atoms with E-state index in [1.807, 2.05) is 0 Å². The molecule has 0 bridgehead atoms. The van der Waals surface area contributed by atoms with Gasteiger partial charge in [0.2, 0.25) is 0 Å². The Hall–Kier alpha value is -1.75. The second-order valence-corrected chi connectivity index (χ2v) is 5.27. The Labute approximate surface area is 126 Å². The van der Waals surface area contributed by atoms with Crippen molar-refractivity contribution in [2.45, 2.75) is 27.2 Å². The number of carbonyl (C=O) groups excluding carboxylic acids is 1. The lowest BCUT2D eigenvalue weighted by Crippen LogP contribution is -2.10. The third-order valence-electron chi connectivity index (χ3n) is 2.79. The first-order chi connectivity index (χ1) is 10.0. The maximum absolute atomic E-state index is 11.6. The van der Waals surface area contributed by atoms with E-state index in [-0.39, 0.29) is 5.97 Å². The van der Waals surface area contributed by atoms with E-state index in [2.05, 4.69) is 19.2 Å². The quantitative estimate of drug-likeness (QED) is 0.416. The van der Waals surface area contributed by atoms with Crippen LogP contribution in [0, 0.1) is 5.92 Å². The predicted octanol–water partition coefficient (Wildman–Crippen LogP) is 2.92. The van der Waals surface area contributed by atoms with Crippen LogP contribution in [0.25, 0.3) is 0 Å². The van der Waals surface area contributed by atoms with Gasteiger partial charge in [0.25, 0.3) is 0 Å². The molecule has 0 spiro atoms. The molecule has 118 valence electrons. The molecule has 1 rings (SSSR count). The van der Waals surface area contributed by atoms with E-state index in [9.17, 15) is 4.79 Å². The number of anilines is 2. The van der Waals surface area contributed by atoms with Crippen LogP contribution in [0.2, 0.25) is 0 Å². The molecule has 0 aromatic heterocycles. The van der Waals surface area contributed by atoms with Gasteiger partial charge in [-0.25, -0.2) is 4.79 Å². The third-order valence-corrected chi connectivity index (χ3v) is 2.79. The summed E-state index contributed by atoms with van der Waals surface area (Å²) < 4.78 is 10.4. The number of esters is 1. The minimum absolute atomic E-state index is 0.349. The van der Waals surface area contributed by atoms with Crippen LogP contribution < -0.4 is 11.1 Å². The van der Waals surface area contributed by atoms with Crippen LogP contribution in [0.15, 0.2) is 18.2 Å². The summed E-state index contributed by atoms with van der Waals surface area (Å²) in [6.45, 7) is 8.69. The molecule has 5 nitrogen and oxygen atoms in total. The molecule has 0 unspecified atom stereocenters. The highest BCUT2D eigenvalue weighted by molar-refractivity contribution is 5.91. The fourth-order valence-corrected chi connectivity index (χ4v) is 1.78. The second-order valence-electron chi connectivity index (χ2n) is 5.27. The highest BCUT2D eigenvalue weighted by Crippen LogP contribution is 2.20. The van der Waals surface area contributed by atoms with Crippen molar-refractivity contribution in [1.82, 2.24) is 0 Å². The molecule has 0 fully saturated rings. The molecule has 1 aromatic rings. The average molecular weight is 294 g/mol. The second kappa shape index (κ2) is 9.23. The van der Waals surface area contributed by atoms with Crippen LogP contribution in [0.4, 0.5) is 11.4 Å². The van der Waals surface area contributed by atoms with Crippen molar-refractivity contribution in [3.8, 4) is 0 Å². The summed E-state index contributed by atoms with van der Waals surface area (Å²) in [5.74, 6) is 0.210. The van der Waals surface area contributed by atoms with Crippen LogP contribution in [0.3, 0.4) is 0 Å². The summed E-state index contributed by atoms with van der Waals surface area (Å²) in [6, 6.07) is 5.15. The van der Waals surface area contributed by atoms with Crippen molar-refractivity contribution in [1.29, 1.82) is 0 Å². The minimum atomic E-state index is -0.349.